The zero-order valence-electron chi connectivity index (χ0n) is 18.4. The topological polar surface area (TPSA) is 151 Å². The number of carbonyl (C=O) groups excluding carboxylic acids is 6. The third kappa shape index (κ3) is 5.30. The molecule has 174 valence electrons. The average Bonchev–Trinajstić information content (AvgIpc) is 3.14. The monoisotopic (exact) mass is 472 g/mol. The molecular weight excluding hydrogens is 448 g/mol. The fourth-order valence-electron chi connectivity index (χ4n) is 3.73. The lowest BCUT2D eigenvalue weighted by molar-refractivity contribution is -0.143. The Morgan fingerprint density at radius 2 is 1.76 bits per heavy atom. The molecule has 1 aromatic carbocycles. The number of Topliss-reactive ketones (excluding diaryl/α,β-unsaturated/α-hetero) is 2. The van der Waals surface area contributed by atoms with E-state index in [1.165, 1.54) is 11.3 Å². The maximum absolute atomic E-state index is 13.1. The first kappa shape index (κ1) is 24.2. The van der Waals surface area contributed by atoms with Gasteiger partial charge >= 0.3 is 6.03 Å². The van der Waals surface area contributed by atoms with Gasteiger partial charge in [0.05, 0.1) is 16.1 Å². The number of amides is 5. The van der Waals surface area contributed by atoms with Crippen molar-refractivity contribution in [2.45, 2.75) is 40.0 Å². The summed E-state index contributed by atoms with van der Waals surface area (Å²) >= 11 is 1.22. The van der Waals surface area contributed by atoms with E-state index in [0.717, 1.165) is 10.3 Å². The van der Waals surface area contributed by atoms with Crippen LogP contribution in [-0.2, 0) is 24.0 Å². The first-order chi connectivity index (χ1) is 15.6. The molecule has 0 unspecified atom stereocenters. The molecule has 10 nitrogen and oxygen atoms in total. The third-order valence-electron chi connectivity index (χ3n) is 5.58. The van der Waals surface area contributed by atoms with Crippen LogP contribution < -0.4 is 16.0 Å². The van der Waals surface area contributed by atoms with Crippen LogP contribution in [0.25, 0.3) is 10.2 Å². The van der Waals surface area contributed by atoms with E-state index in [1.54, 1.807) is 13.8 Å². The number of nitrogens with zero attached hydrogens (tertiary/aromatic N) is 1. The van der Waals surface area contributed by atoms with Crippen LogP contribution in [-0.4, -0.2) is 40.3 Å². The highest BCUT2D eigenvalue weighted by atomic mass is 32.1. The number of rotatable bonds is 9. The summed E-state index contributed by atoms with van der Waals surface area (Å²) in [5.41, 5.74) is 1.72. The predicted octanol–water partition coefficient (Wildman–Crippen LogP) is 2.11. The van der Waals surface area contributed by atoms with Crippen molar-refractivity contribution in [1.82, 2.24) is 15.6 Å². The van der Waals surface area contributed by atoms with Crippen molar-refractivity contribution in [1.29, 1.82) is 0 Å². The van der Waals surface area contributed by atoms with Gasteiger partial charge in [-0.15, -0.1) is 0 Å². The maximum Gasteiger partial charge on any atom is 0.328 e. The van der Waals surface area contributed by atoms with E-state index >= 15 is 0 Å². The number of hydrogen-bond acceptors (Lipinski definition) is 8. The fourth-order valence-corrected chi connectivity index (χ4v) is 4.69. The number of nitrogens with one attached hydrogen (secondary N) is 3. The van der Waals surface area contributed by atoms with Crippen molar-refractivity contribution in [3.8, 4) is 0 Å². The smallest absolute Gasteiger partial charge is 0.299 e. The van der Waals surface area contributed by atoms with E-state index in [-0.39, 0.29) is 24.4 Å². The summed E-state index contributed by atoms with van der Waals surface area (Å²) in [6, 6.07) is 4.70. The molecule has 5 amide bonds. The summed E-state index contributed by atoms with van der Waals surface area (Å²) in [4.78, 5) is 78.1. The number of benzene rings is 1. The molecule has 2 atom stereocenters. The zero-order chi connectivity index (χ0) is 24.3. The normalized spacial score (nSPS) is 16.2. The minimum atomic E-state index is -1.23. The molecule has 1 saturated heterocycles. The average molecular weight is 473 g/mol. The Balaban J connectivity index is 1.70. The second-order valence-corrected chi connectivity index (χ2v) is 8.90. The van der Waals surface area contributed by atoms with Crippen LogP contribution in [0.4, 0.5) is 9.93 Å². The van der Waals surface area contributed by atoms with Gasteiger partial charge in [-0.05, 0) is 43.9 Å². The summed E-state index contributed by atoms with van der Waals surface area (Å²) in [7, 11) is 0. The molecule has 1 fully saturated rings. The molecule has 0 spiro atoms. The van der Waals surface area contributed by atoms with Gasteiger partial charge in [-0.2, -0.15) is 0 Å². The first-order valence-corrected chi connectivity index (χ1v) is 11.4. The van der Waals surface area contributed by atoms with Gasteiger partial charge in [0.1, 0.15) is 11.7 Å². The molecule has 11 heteroatoms. The summed E-state index contributed by atoms with van der Waals surface area (Å²) in [6.45, 7) is 5.23. The van der Waals surface area contributed by atoms with E-state index in [9.17, 15) is 28.8 Å². The Labute approximate surface area is 193 Å². The molecule has 0 aliphatic carbocycles. The Morgan fingerprint density at radius 1 is 1.09 bits per heavy atom. The molecule has 0 bridgehead atoms. The molecule has 2 heterocycles. The van der Waals surface area contributed by atoms with Crippen LogP contribution in [0.5, 0.6) is 0 Å². The van der Waals surface area contributed by atoms with Gasteiger partial charge in [-0.25, -0.2) is 9.78 Å². The highest BCUT2D eigenvalue weighted by Crippen LogP contribution is 2.28. The van der Waals surface area contributed by atoms with Crippen molar-refractivity contribution in [3.05, 3.63) is 23.8 Å². The number of fused-ring (bicyclic) bond motifs is 1. The second kappa shape index (κ2) is 9.99. The molecule has 1 aromatic heterocycles. The molecule has 0 saturated carbocycles. The van der Waals surface area contributed by atoms with Crippen LogP contribution in [0.1, 0.15) is 38.7 Å². The van der Waals surface area contributed by atoms with E-state index in [0.29, 0.717) is 5.52 Å². The number of urea groups is 1. The standard InChI is InChI=1S/C22H24N4O6S/c1-4-11(9-13-18(29)24-21(32)25-19(13)30)16(27)12(5-2)17(28)20(31)26-22-23-14-7-6-10(3)8-15(14)33-22/h6-8,11-13H,4-5,9H2,1-3H3,(H,23,26,31)(H2,24,25,29,30,32)/t11-,12+/m0/s1. The lowest BCUT2D eigenvalue weighted by atomic mass is 9.80. The van der Waals surface area contributed by atoms with Crippen LogP contribution in [0.15, 0.2) is 18.2 Å². The lowest BCUT2D eigenvalue weighted by Crippen LogP contribution is -2.56. The third-order valence-corrected chi connectivity index (χ3v) is 6.51. The molecule has 1 aliphatic rings. The number of barbiturate groups is 1. The summed E-state index contributed by atoms with van der Waals surface area (Å²) in [5.74, 6) is -7.21. The van der Waals surface area contributed by atoms with Crippen molar-refractivity contribution in [2.24, 2.45) is 17.8 Å². The Bertz CT molecular complexity index is 1140. The first-order valence-electron chi connectivity index (χ1n) is 10.6. The molecule has 3 N–H and O–H groups in total. The highest BCUT2D eigenvalue weighted by Gasteiger charge is 2.40. The van der Waals surface area contributed by atoms with Gasteiger partial charge in [0.15, 0.2) is 5.13 Å². The van der Waals surface area contributed by atoms with Crippen molar-refractivity contribution < 1.29 is 28.8 Å². The molecule has 2 aromatic rings. The Morgan fingerprint density at radius 3 is 2.36 bits per heavy atom. The zero-order valence-corrected chi connectivity index (χ0v) is 19.2. The Hall–Kier alpha value is -3.47. The fraction of sp³-hybridized carbons (Fsp3) is 0.409. The van der Waals surface area contributed by atoms with Crippen LogP contribution >= 0.6 is 11.3 Å². The largest absolute Gasteiger partial charge is 0.328 e. The van der Waals surface area contributed by atoms with Crippen LogP contribution in [0, 0.1) is 24.7 Å². The van der Waals surface area contributed by atoms with Gasteiger partial charge < -0.3 is 0 Å². The number of aryl methyl sites for hydroxylation is 1. The minimum Gasteiger partial charge on any atom is -0.299 e. The number of aromatic nitrogens is 1. The van der Waals surface area contributed by atoms with Gasteiger partial charge in [0.25, 0.3) is 5.91 Å². The van der Waals surface area contributed by atoms with Gasteiger partial charge in [-0.3, -0.25) is 39.9 Å². The minimum absolute atomic E-state index is 0.0855. The molecular formula is C22H24N4O6S. The number of thiazole rings is 1. The van der Waals surface area contributed by atoms with Crippen LogP contribution in [0.3, 0.4) is 0 Å². The number of carbonyl (C=O) groups is 6. The van der Waals surface area contributed by atoms with Crippen LogP contribution in [0.2, 0.25) is 0 Å². The predicted molar refractivity (Wildman–Crippen MR) is 120 cm³/mol. The molecule has 1 aliphatic heterocycles. The number of hydrogen-bond donors (Lipinski definition) is 3. The van der Waals surface area contributed by atoms with Crippen molar-refractivity contribution in [2.75, 3.05) is 5.32 Å². The van der Waals surface area contributed by atoms with Crippen molar-refractivity contribution >= 4 is 62.0 Å². The maximum atomic E-state index is 13.1. The SMILES string of the molecule is CC[C@@H](CC1C(=O)NC(=O)NC1=O)C(=O)[C@@H](CC)C(=O)C(=O)Nc1nc2ccc(C)cc2s1. The van der Waals surface area contributed by atoms with Gasteiger partial charge in [0, 0.05) is 5.92 Å². The lowest BCUT2D eigenvalue weighted by Gasteiger charge is -2.25. The Kier molecular flexibility index (Phi) is 7.32. The van der Waals surface area contributed by atoms with E-state index < -0.39 is 53.1 Å². The van der Waals surface area contributed by atoms with Crippen molar-refractivity contribution in [3.63, 3.8) is 0 Å². The second-order valence-electron chi connectivity index (χ2n) is 7.87. The number of ketones is 2. The van der Waals surface area contributed by atoms with E-state index in [4.69, 9.17) is 0 Å². The molecule has 0 radical (unpaired) electrons. The molecule has 3 rings (SSSR count). The van der Waals surface area contributed by atoms with E-state index in [1.807, 2.05) is 35.8 Å². The van der Waals surface area contributed by atoms with Gasteiger partial charge in [-0.1, -0.05) is 31.3 Å². The quantitative estimate of drug-likeness (QED) is 0.373. The molecule has 33 heavy (non-hydrogen) atoms. The summed E-state index contributed by atoms with van der Waals surface area (Å²) < 4.78 is 0.856. The number of imide groups is 2. The van der Waals surface area contributed by atoms with Gasteiger partial charge in [0.2, 0.25) is 17.6 Å². The summed E-state index contributed by atoms with van der Waals surface area (Å²) in [5, 5.41) is 6.72. The number of anilines is 1. The van der Waals surface area contributed by atoms with E-state index in [2.05, 4.69) is 10.3 Å². The highest BCUT2D eigenvalue weighted by molar-refractivity contribution is 7.22. The summed E-state index contributed by atoms with van der Waals surface area (Å²) in [6.07, 6.45) is 0.178.